The summed E-state index contributed by atoms with van der Waals surface area (Å²) in [4.78, 5) is 17.3. The van der Waals surface area contributed by atoms with Gasteiger partial charge in [0.15, 0.2) is 0 Å². The number of imidazole rings is 1. The molecule has 0 saturated heterocycles. The van der Waals surface area contributed by atoms with E-state index in [9.17, 15) is 4.79 Å². The summed E-state index contributed by atoms with van der Waals surface area (Å²) in [6.45, 7) is 17.3. The number of hydrogen-bond acceptors (Lipinski definition) is 5. The number of aromatic nitrogens is 2. The fourth-order valence-corrected chi connectivity index (χ4v) is 3.82. The van der Waals surface area contributed by atoms with Gasteiger partial charge in [-0.3, -0.25) is 0 Å². The van der Waals surface area contributed by atoms with Crippen LogP contribution in [0.2, 0.25) is 25.7 Å². The lowest BCUT2D eigenvalue weighted by atomic mass is 10.1. The number of nitrogens with zero attached hydrogens (tertiary/aromatic N) is 2. The fourth-order valence-electron chi connectivity index (χ4n) is 3.06. The van der Waals surface area contributed by atoms with Crippen molar-refractivity contribution in [3.63, 3.8) is 0 Å². The quantitative estimate of drug-likeness (QED) is 0.210. The van der Waals surface area contributed by atoms with Crippen LogP contribution in [0.4, 0.5) is 10.5 Å². The average molecular weight is 459 g/mol. The van der Waals surface area contributed by atoms with E-state index in [1.165, 1.54) is 0 Å². The maximum Gasteiger partial charge on any atom is 0.408 e. The highest BCUT2D eigenvalue weighted by atomic mass is 28.3. The maximum atomic E-state index is 12.5. The van der Waals surface area contributed by atoms with Crippen molar-refractivity contribution in [3.8, 4) is 11.3 Å². The Morgan fingerprint density at radius 2 is 2.00 bits per heavy atom. The number of carbonyl (C=O) groups excluding carboxylic acids is 1. The largest absolute Gasteiger partial charge is 0.444 e. The Hall–Kier alpha value is -2.58. The molecule has 1 aromatic heterocycles. The van der Waals surface area contributed by atoms with Crippen LogP contribution >= 0.6 is 0 Å². The molecule has 0 spiro atoms. The molecule has 0 saturated carbocycles. The zero-order chi connectivity index (χ0) is 23.9. The third-order valence-corrected chi connectivity index (χ3v) is 6.38. The molecule has 0 unspecified atom stereocenters. The molecule has 32 heavy (non-hydrogen) atoms. The number of benzene rings is 1. The first-order chi connectivity index (χ1) is 14.9. The van der Waals surface area contributed by atoms with Gasteiger partial charge in [-0.2, -0.15) is 0 Å². The molecule has 0 aliphatic rings. The van der Waals surface area contributed by atoms with E-state index < -0.39 is 25.8 Å². The molecule has 0 fully saturated rings. The van der Waals surface area contributed by atoms with E-state index in [0.29, 0.717) is 31.3 Å². The Morgan fingerprint density at radius 3 is 2.59 bits per heavy atom. The molecule has 0 aliphatic heterocycles. The Morgan fingerprint density at radius 1 is 1.31 bits per heavy atom. The number of ether oxygens (including phenoxy) is 2. The predicted octanol–water partition coefficient (Wildman–Crippen LogP) is 5.59. The van der Waals surface area contributed by atoms with Crippen LogP contribution in [-0.4, -0.2) is 35.9 Å². The van der Waals surface area contributed by atoms with Crippen LogP contribution in [0, 0.1) is 0 Å². The van der Waals surface area contributed by atoms with Crippen LogP contribution in [0.3, 0.4) is 0 Å². The number of nitrogens with one attached hydrogen (secondary N) is 1. The second-order valence-electron chi connectivity index (χ2n) is 10.1. The highest BCUT2D eigenvalue weighted by Gasteiger charge is 2.24. The molecular formula is C24H38N4O3Si. The van der Waals surface area contributed by atoms with Crippen molar-refractivity contribution in [1.82, 2.24) is 14.9 Å². The number of amides is 1. The number of alkyl carbamates (subject to hydrolysis) is 1. The molecule has 1 heterocycles. The lowest BCUT2D eigenvalue weighted by Crippen LogP contribution is -2.36. The minimum Gasteiger partial charge on any atom is -0.444 e. The van der Waals surface area contributed by atoms with Crippen molar-refractivity contribution in [2.24, 2.45) is 0 Å². The first-order valence-corrected chi connectivity index (χ1v) is 14.7. The minimum atomic E-state index is -1.20. The molecule has 2 rings (SSSR count). The lowest BCUT2D eigenvalue weighted by molar-refractivity contribution is 0.0492. The molecule has 8 heteroatoms. The zero-order valence-electron chi connectivity index (χ0n) is 20.3. The smallest absolute Gasteiger partial charge is 0.408 e. The normalized spacial score (nSPS) is 12.9. The number of anilines is 1. The van der Waals surface area contributed by atoms with Crippen molar-refractivity contribution in [2.45, 2.75) is 71.3 Å². The van der Waals surface area contributed by atoms with Gasteiger partial charge >= 0.3 is 6.09 Å². The number of nitrogens with two attached hydrogens (primary N) is 1. The SMILES string of the molecule is C=CC[C@H](NC(=O)OC(C)(C)C)c1nc(-c2ccccc2N)cn1COCC[Si](C)(C)C. The van der Waals surface area contributed by atoms with Crippen LogP contribution in [-0.2, 0) is 16.2 Å². The molecule has 2 aromatic rings. The van der Waals surface area contributed by atoms with Gasteiger partial charge in [0.05, 0.1) is 11.7 Å². The zero-order valence-corrected chi connectivity index (χ0v) is 21.3. The van der Waals surface area contributed by atoms with E-state index in [1.54, 1.807) is 6.08 Å². The van der Waals surface area contributed by atoms with Gasteiger partial charge in [0, 0.05) is 32.1 Å². The summed E-state index contributed by atoms with van der Waals surface area (Å²) in [5.41, 5.74) is 7.80. The minimum absolute atomic E-state index is 0.337. The van der Waals surface area contributed by atoms with Crippen molar-refractivity contribution in [1.29, 1.82) is 0 Å². The Bertz CT molecular complexity index is 913. The molecule has 1 aromatic carbocycles. The fraction of sp³-hybridized carbons (Fsp3) is 0.500. The Balaban J connectivity index is 2.33. The van der Waals surface area contributed by atoms with Gasteiger partial charge in [-0.1, -0.05) is 43.9 Å². The molecule has 0 aliphatic carbocycles. The van der Waals surface area contributed by atoms with Crippen molar-refractivity contribution in [2.75, 3.05) is 12.3 Å². The summed E-state index contributed by atoms with van der Waals surface area (Å²) in [5, 5.41) is 2.93. The van der Waals surface area contributed by atoms with Gasteiger partial charge in [0.25, 0.3) is 0 Å². The summed E-state index contributed by atoms with van der Waals surface area (Å²) in [6, 6.07) is 8.25. The molecular weight excluding hydrogens is 420 g/mol. The summed E-state index contributed by atoms with van der Waals surface area (Å²) in [6.07, 6.45) is 3.67. The van der Waals surface area contributed by atoms with E-state index in [2.05, 4.69) is 31.5 Å². The third kappa shape index (κ3) is 8.16. The lowest BCUT2D eigenvalue weighted by Gasteiger charge is -2.23. The Labute approximate surface area is 193 Å². The number of carbonyl (C=O) groups is 1. The van der Waals surface area contributed by atoms with E-state index >= 15 is 0 Å². The van der Waals surface area contributed by atoms with E-state index in [1.807, 2.05) is 55.8 Å². The topological polar surface area (TPSA) is 91.4 Å². The van der Waals surface area contributed by atoms with Crippen LogP contribution in [0.5, 0.6) is 0 Å². The van der Waals surface area contributed by atoms with Gasteiger partial charge in [-0.05, 0) is 39.3 Å². The Kier molecular flexibility index (Phi) is 8.69. The summed E-state index contributed by atoms with van der Waals surface area (Å²) in [7, 11) is -1.20. The van der Waals surface area contributed by atoms with Gasteiger partial charge < -0.3 is 25.1 Å². The number of para-hydroxylation sites is 1. The first-order valence-electron chi connectivity index (χ1n) is 11.0. The van der Waals surface area contributed by atoms with Crippen molar-refractivity contribution < 1.29 is 14.3 Å². The third-order valence-electron chi connectivity index (χ3n) is 4.68. The van der Waals surface area contributed by atoms with Gasteiger partial charge in [-0.15, -0.1) is 6.58 Å². The standard InChI is InChI=1S/C24H38N4O3Si/c1-8-11-20(27-23(29)31-24(2,3)4)22-26-21(18-12-9-10-13-19(18)25)16-28(22)17-30-14-15-32(5,6)7/h8-10,12-13,16,20H,1,11,14-15,17,25H2,2-7H3,(H,27,29)/t20-/m0/s1. The molecule has 3 N–H and O–H groups in total. The molecule has 176 valence electrons. The summed E-state index contributed by atoms with van der Waals surface area (Å²) < 4.78 is 13.4. The van der Waals surface area contributed by atoms with Crippen molar-refractivity contribution in [3.05, 3.63) is 48.9 Å². The van der Waals surface area contributed by atoms with Crippen molar-refractivity contribution >= 4 is 19.9 Å². The molecule has 7 nitrogen and oxygen atoms in total. The van der Waals surface area contributed by atoms with E-state index in [4.69, 9.17) is 20.2 Å². The van der Waals surface area contributed by atoms with Crippen LogP contribution in [0.1, 0.15) is 39.1 Å². The second-order valence-corrected chi connectivity index (χ2v) is 15.7. The molecule has 1 amide bonds. The maximum absolute atomic E-state index is 12.5. The first kappa shape index (κ1) is 25.7. The number of nitrogen functional groups attached to an aromatic ring is 1. The van der Waals surface area contributed by atoms with Crippen LogP contribution < -0.4 is 11.1 Å². The number of hydrogen-bond donors (Lipinski definition) is 2. The summed E-state index contributed by atoms with van der Waals surface area (Å²) >= 11 is 0. The highest BCUT2D eigenvalue weighted by Crippen LogP contribution is 2.28. The molecule has 0 radical (unpaired) electrons. The second kappa shape index (κ2) is 10.8. The van der Waals surface area contributed by atoms with Gasteiger partial charge in [0.1, 0.15) is 18.2 Å². The molecule has 0 bridgehead atoms. The predicted molar refractivity (Wildman–Crippen MR) is 133 cm³/mol. The van der Waals surface area contributed by atoms with Gasteiger partial charge in [-0.25, -0.2) is 9.78 Å². The molecule has 1 atom stereocenters. The van der Waals surface area contributed by atoms with E-state index in [-0.39, 0.29) is 0 Å². The number of rotatable bonds is 10. The van der Waals surface area contributed by atoms with Crippen LogP contribution in [0.15, 0.2) is 43.1 Å². The monoisotopic (exact) mass is 458 g/mol. The summed E-state index contributed by atoms with van der Waals surface area (Å²) in [5.74, 6) is 0.669. The average Bonchev–Trinajstić information content (AvgIpc) is 3.07. The van der Waals surface area contributed by atoms with Gasteiger partial charge in [0.2, 0.25) is 0 Å². The highest BCUT2D eigenvalue weighted by molar-refractivity contribution is 6.76. The van der Waals surface area contributed by atoms with Crippen LogP contribution in [0.25, 0.3) is 11.3 Å². The van der Waals surface area contributed by atoms with E-state index in [0.717, 1.165) is 17.3 Å².